The molecule has 2 aromatic carbocycles. The minimum absolute atomic E-state index is 0.0342. The lowest BCUT2D eigenvalue weighted by molar-refractivity contribution is 0.112. The van der Waals surface area contributed by atoms with Gasteiger partial charge in [-0.15, -0.1) is 0 Å². The van der Waals surface area contributed by atoms with Crippen LogP contribution in [0, 0.1) is 6.92 Å². The molecule has 0 aliphatic heterocycles. The summed E-state index contributed by atoms with van der Waals surface area (Å²) in [5, 5.41) is 7.00. The van der Waals surface area contributed by atoms with E-state index in [1.807, 2.05) is 62.4 Å². The second kappa shape index (κ2) is 8.12. The highest BCUT2D eigenvalue weighted by Crippen LogP contribution is 2.24. The first-order valence-corrected chi connectivity index (χ1v) is 6.43. The predicted octanol–water partition coefficient (Wildman–Crippen LogP) is 3.56. The molecule has 1 N–H and O–H groups in total. The number of carbonyl (C=O) groups excluding carboxylic acids is 1. The van der Waals surface area contributed by atoms with E-state index in [9.17, 15) is 4.79 Å². The fraction of sp³-hybridized carbons (Fsp3) is 0.235. The van der Waals surface area contributed by atoms with Crippen molar-refractivity contribution in [3.8, 4) is 5.75 Å². The predicted molar refractivity (Wildman–Crippen MR) is 80.2 cm³/mol. The van der Waals surface area contributed by atoms with Crippen LogP contribution in [0.2, 0.25) is 0 Å². The van der Waals surface area contributed by atoms with Gasteiger partial charge in [-0.05, 0) is 43.2 Å². The van der Waals surface area contributed by atoms with Crippen LogP contribution in [-0.2, 0) is 0 Å². The molecule has 1 atom stereocenters. The van der Waals surface area contributed by atoms with E-state index >= 15 is 0 Å². The fourth-order valence-electron chi connectivity index (χ4n) is 1.99. The number of benzene rings is 2. The second-order valence-corrected chi connectivity index (χ2v) is 4.31. The number of para-hydroxylation sites is 1. The Morgan fingerprint density at radius 3 is 2.30 bits per heavy atom. The number of hydrogen-bond donors (Lipinski definition) is 1. The molecule has 0 saturated heterocycles. The summed E-state index contributed by atoms with van der Waals surface area (Å²) in [5.41, 5.74) is 2.87. The molecule has 0 radical (unpaired) electrons. The highest BCUT2D eigenvalue weighted by atomic mass is 16.5. The molecule has 3 heteroatoms. The van der Waals surface area contributed by atoms with Gasteiger partial charge >= 0.3 is 0 Å². The Hall–Kier alpha value is -2.13. The van der Waals surface area contributed by atoms with Gasteiger partial charge < -0.3 is 9.84 Å². The van der Waals surface area contributed by atoms with Gasteiger partial charge in [-0.2, -0.15) is 0 Å². The molecule has 2 rings (SSSR count). The minimum atomic E-state index is -0.0342. The van der Waals surface area contributed by atoms with Crippen LogP contribution in [0.5, 0.6) is 5.75 Å². The average molecular weight is 272 g/mol. The Kier molecular flexibility index (Phi) is 6.47. The molecule has 0 spiro atoms. The molecule has 106 valence electrons. The van der Waals surface area contributed by atoms with Gasteiger partial charge in [0.1, 0.15) is 18.1 Å². The van der Waals surface area contributed by atoms with Crippen molar-refractivity contribution in [1.29, 1.82) is 0 Å². The molecule has 3 nitrogen and oxygen atoms in total. The number of hydrogen-bond acceptors (Lipinski definition) is 3. The van der Waals surface area contributed by atoms with Gasteiger partial charge in [0.2, 0.25) is 0 Å². The maximum atomic E-state index is 10.7. The molecule has 0 heterocycles. The summed E-state index contributed by atoms with van der Waals surface area (Å²) >= 11 is 0. The van der Waals surface area contributed by atoms with E-state index < -0.39 is 0 Å². The molecular weight excluding hydrogens is 252 g/mol. The molecule has 0 aromatic heterocycles. The van der Waals surface area contributed by atoms with Crippen molar-refractivity contribution >= 4 is 6.29 Å². The van der Waals surface area contributed by atoms with Crippen LogP contribution in [0.25, 0.3) is 0 Å². The van der Waals surface area contributed by atoms with Crippen LogP contribution in [0.4, 0.5) is 0 Å². The zero-order chi connectivity index (χ0) is 15.0. The normalized spacial score (nSPS) is 11.0. The number of aliphatic hydroxyl groups excluding tert-OH is 1. The summed E-state index contributed by atoms with van der Waals surface area (Å²) in [7, 11) is 1.00. The molecule has 0 aliphatic carbocycles. The van der Waals surface area contributed by atoms with Gasteiger partial charge in [-0.3, -0.25) is 4.79 Å². The summed E-state index contributed by atoms with van der Waals surface area (Å²) < 4.78 is 5.87. The van der Waals surface area contributed by atoms with Crippen LogP contribution in [0.3, 0.4) is 0 Å². The Morgan fingerprint density at radius 2 is 1.75 bits per heavy atom. The number of rotatable bonds is 4. The highest BCUT2D eigenvalue weighted by Gasteiger charge is 2.10. The molecule has 0 aliphatic rings. The molecule has 20 heavy (non-hydrogen) atoms. The molecule has 0 bridgehead atoms. The maximum absolute atomic E-state index is 10.7. The van der Waals surface area contributed by atoms with E-state index in [1.54, 1.807) is 0 Å². The SMILES string of the molecule is CO.Cc1cc(C=O)ccc1C(C)Oc1ccccc1. The van der Waals surface area contributed by atoms with E-state index in [0.29, 0.717) is 5.56 Å². The monoisotopic (exact) mass is 272 g/mol. The first kappa shape index (κ1) is 15.9. The molecule has 1 unspecified atom stereocenters. The van der Waals surface area contributed by atoms with Gasteiger partial charge in [-0.25, -0.2) is 0 Å². The van der Waals surface area contributed by atoms with Gasteiger partial charge in [0.15, 0.2) is 0 Å². The Bertz CT molecular complexity index is 535. The van der Waals surface area contributed by atoms with E-state index in [1.165, 1.54) is 0 Å². The van der Waals surface area contributed by atoms with Gasteiger partial charge in [0.25, 0.3) is 0 Å². The fourth-order valence-corrected chi connectivity index (χ4v) is 1.99. The Balaban J connectivity index is 0.000000956. The lowest BCUT2D eigenvalue weighted by Gasteiger charge is -2.17. The average Bonchev–Trinajstić information content (AvgIpc) is 2.50. The molecule has 2 aromatic rings. The third-order valence-electron chi connectivity index (χ3n) is 2.92. The summed E-state index contributed by atoms with van der Waals surface area (Å²) in [6.45, 7) is 4.00. The Morgan fingerprint density at radius 1 is 1.10 bits per heavy atom. The summed E-state index contributed by atoms with van der Waals surface area (Å²) in [5.74, 6) is 0.851. The van der Waals surface area contributed by atoms with Crippen molar-refractivity contribution in [1.82, 2.24) is 0 Å². The van der Waals surface area contributed by atoms with Crippen molar-refractivity contribution in [2.24, 2.45) is 0 Å². The summed E-state index contributed by atoms with van der Waals surface area (Å²) in [4.78, 5) is 10.7. The van der Waals surface area contributed by atoms with Crippen molar-refractivity contribution in [2.75, 3.05) is 7.11 Å². The first-order chi connectivity index (χ1) is 9.70. The summed E-state index contributed by atoms with van der Waals surface area (Å²) in [6, 6.07) is 15.4. The quantitative estimate of drug-likeness (QED) is 0.866. The number of ether oxygens (including phenoxy) is 1. The number of aldehydes is 1. The smallest absolute Gasteiger partial charge is 0.150 e. The second-order valence-electron chi connectivity index (χ2n) is 4.31. The highest BCUT2D eigenvalue weighted by molar-refractivity contribution is 5.75. The van der Waals surface area contributed by atoms with E-state index in [4.69, 9.17) is 9.84 Å². The largest absolute Gasteiger partial charge is 0.486 e. The summed E-state index contributed by atoms with van der Waals surface area (Å²) in [6.07, 6.45) is 0.826. The molecule has 0 amide bonds. The van der Waals surface area contributed by atoms with E-state index in [-0.39, 0.29) is 6.10 Å². The minimum Gasteiger partial charge on any atom is -0.486 e. The first-order valence-electron chi connectivity index (χ1n) is 6.43. The van der Waals surface area contributed by atoms with Crippen molar-refractivity contribution in [3.63, 3.8) is 0 Å². The van der Waals surface area contributed by atoms with E-state index in [0.717, 1.165) is 30.3 Å². The molecule has 0 fully saturated rings. The topological polar surface area (TPSA) is 46.5 Å². The van der Waals surface area contributed by atoms with Crippen LogP contribution in [0.1, 0.15) is 34.5 Å². The van der Waals surface area contributed by atoms with Crippen LogP contribution in [0.15, 0.2) is 48.5 Å². The van der Waals surface area contributed by atoms with Crippen LogP contribution < -0.4 is 4.74 Å². The third kappa shape index (κ3) is 4.21. The lowest BCUT2D eigenvalue weighted by Crippen LogP contribution is -2.05. The van der Waals surface area contributed by atoms with Crippen molar-refractivity contribution in [3.05, 3.63) is 65.2 Å². The van der Waals surface area contributed by atoms with Gasteiger partial charge in [-0.1, -0.05) is 30.3 Å². The zero-order valence-electron chi connectivity index (χ0n) is 12.0. The van der Waals surface area contributed by atoms with Gasteiger partial charge in [0, 0.05) is 12.7 Å². The standard InChI is InChI=1S/C16H16O2.CH4O/c1-12-10-14(11-17)8-9-16(12)13(2)18-15-6-4-3-5-7-15;1-2/h3-11,13H,1-2H3;2H,1H3. The van der Waals surface area contributed by atoms with Crippen molar-refractivity contribution < 1.29 is 14.6 Å². The number of aryl methyl sites for hydroxylation is 1. The van der Waals surface area contributed by atoms with Crippen molar-refractivity contribution in [2.45, 2.75) is 20.0 Å². The number of aliphatic hydroxyl groups is 1. The third-order valence-corrected chi connectivity index (χ3v) is 2.92. The van der Waals surface area contributed by atoms with Gasteiger partial charge in [0.05, 0.1) is 0 Å². The number of carbonyl (C=O) groups is 1. The Labute approximate surface area is 119 Å². The lowest BCUT2D eigenvalue weighted by atomic mass is 10.0. The zero-order valence-corrected chi connectivity index (χ0v) is 12.0. The molecule has 0 saturated carbocycles. The van der Waals surface area contributed by atoms with Crippen LogP contribution >= 0.6 is 0 Å². The maximum Gasteiger partial charge on any atom is 0.150 e. The van der Waals surface area contributed by atoms with E-state index in [2.05, 4.69) is 0 Å². The molecular formula is C17H20O3. The van der Waals surface area contributed by atoms with Crippen LogP contribution in [-0.4, -0.2) is 18.5 Å².